The van der Waals surface area contributed by atoms with E-state index in [0.29, 0.717) is 13.1 Å². The molecule has 4 rings (SSSR count). The van der Waals surface area contributed by atoms with Gasteiger partial charge < -0.3 is 19.5 Å². The average Bonchev–Trinajstić information content (AvgIpc) is 3.35. The van der Waals surface area contributed by atoms with Crippen molar-refractivity contribution in [2.24, 2.45) is 0 Å². The van der Waals surface area contributed by atoms with Crippen molar-refractivity contribution in [3.8, 4) is 0 Å². The van der Waals surface area contributed by atoms with Gasteiger partial charge in [0.2, 0.25) is 5.91 Å². The quantitative estimate of drug-likeness (QED) is 0.672. The van der Waals surface area contributed by atoms with Crippen molar-refractivity contribution in [3.63, 3.8) is 0 Å². The fourth-order valence-electron chi connectivity index (χ4n) is 3.22. The van der Waals surface area contributed by atoms with Gasteiger partial charge in [-0.25, -0.2) is 4.98 Å². The van der Waals surface area contributed by atoms with Crippen molar-refractivity contribution in [2.45, 2.75) is 6.54 Å². The Morgan fingerprint density at radius 1 is 1.19 bits per heavy atom. The van der Waals surface area contributed by atoms with Crippen molar-refractivity contribution < 1.29 is 18.9 Å². The molecule has 0 bridgehead atoms. The Bertz CT molecular complexity index is 896. The van der Waals surface area contributed by atoms with Crippen molar-refractivity contribution in [1.29, 1.82) is 0 Å². The zero-order valence-electron chi connectivity index (χ0n) is 14.8. The highest BCUT2D eigenvalue weighted by Crippen LogP contribution is 2.20. The lowest BCUT2D eigenvalue weighted by atomic mass is 10.3. The molecule has 1 fully saturated rings. The van der Waals surface area contributed by atoms with Crippen LogP contribution < -0.4 is 10.2 Å². The highest BCUT2D eigenvalue weighted by Gasteiger charge is 2.25. The van der Waals surface area contributed by atoms with Crippen LogP contribution in [0.1, 0.15) is 15.6 Å². The molecule has 0 atom stereocenters. The molecule has 1 aliphatic heterocycles. The number of furan rings is 1. The normalized spacial score (nSPS) is 15.2. The number of nitrogens with one attached hydrogen (secondary N) is 2. The van der Waals surface area contributed by atoms with Gasteiger partial charge in [-0.15, -0.1) is 11.3 Å². The number of thiazole rings is 1. The molecule has 2 amide bonds. The fourth-order valence-corrected chi connectivity index (χ4v) is 4.26. The molecular formula is C19H21N4O3S+. The van der Waals surface area contributed by atoms with Crippen LogP contribution in [0.25, 0.3) is 10.2 Å². The van der Waals surface area contributed by atoms with Crippen molar-refractivity contribution in [2.75, 3.05) is 32.7 Å². The Hall–Kier alpha value is -2.71. The molecule has 0 aliphatic carbocycles. The van der Waals surface area contributed by atoms with Crippen molar-refractivity contribution in [3.05, 3.63) is 53.4 Å². The minimum atomic E-state index is -0.367. The molecule has 3 heterocycles. The van der Waals surface area contributed by atoms with E-state index in [0.717, 1.165) is 30.2 Å². The minimum Gasteiger partial charge on any atom is -0.459 e. The third-order valence-electron chi connectivity index (χ3n) is 4.71. The zero-order chi connectivity index (χ0) is 18.6. The third-order valence-corrected chi connectivity index (χ3v) is 5.74. The second-order valence-electron chi connectivity index (χ2n) is 6.54. The molecule has 2 aromatic heterocycles. The molecule has 2 N–H and O–H groups in total. The van der Waals surface area contributed by atoms with Gasteiger partial charge in [0.05, 0.1) is 49.2 Å². The Balaban J connectivity index is 1.24. The van der Waals surface area contributed by atoms with Gasteiger partial charge in [-0.3, -0.25) is 9.59 Å². The summed E-state index contributed by atoms with van der Waals surface area (Å²) in [4.78, 5) is 32.1. The number of amides is 2. The van der Waals surface area contributed by atoms with Crippen LogP contribution in [0.5, 0.6) is 0 Å². The van der Waals surface area contributed by atoms with Crippen LogP contribution in [0.15, 0.2) is 47.1 Å². The second kappa shape index (κ2) is 7.89. The summed E-state index contributed by atoms with van der Waals surface area (Å²) in [5, 5.41) is 3.74. The predicted molar refractivity (Wildman–Crippen MR) is 102 cm³/mol. The van der Waals surface area contributed by atoms with Gasteiger partial charge in [-0.05, 0) is 24.3 Å². The number of para-hydroxylation sites is 1. The number of hydrogen-bond donors (Lipinski definition) is 2. The van der Waals surface area contributed by atoms with E-state index in [1.54, 1.807) is 23.5 Å². The molecule has 0 unspecified atom stereocenters. The Morgan fingerprint density at radius 3 is 2.74 bits per heavy atom. The van der Waals surface area contributed by atoms with Gasteiger partial charge in [-0.2, -0.15) is 0 Å². The van der Waals surface area contributed by atoms with Crippen LogP contribution in [-0.4, -0.2) is 54.4 Å². The number of hydrogen-bond acceptors (Lipinski definition) is 5. The van der Waals surface area contributed by atoms with E-state index >= 15 is 0 Å². The fraction of sp³-hybridized carbons (Fsp3) is 0.316. The molecule has 3 aromatic rings. The number of fused-ring (bicyclic) bond motifs is 1. The summed E-state index contributed by atoms with van der Waals surface area (Å²) in [7, 11) is 0. The van der Waals surface area contributed by atoms with Gasteiger partial charge in [0.15, 0.2) is 5.76 Å². The molecule has 7 nitrogen and oxygen atoms in total. The number of piperazine rings is 1. The van der Waals surface area contributed by atoms with E-state index in [1.165, 1.54) is 15.9 Å². The smallest absolute Gasteiger partial charge is 0.287 e. The number of quaternary nitrogens is 1. The number of rotatable bonds is 5. The Kier molecular flexibility index (Phi) is 5.17. The van der Waals surface area contributed by atoms with E-state index in [9.17, 15) is 9.59 Å². The number of carbonyl (C=O) groups is 2. The summed E-state index contributed by atoms with van der Waals surface area (Å²) in [6.07, 6.45) is 1.43. The Labute approximate surface area is 160 Å². The highest BCUT2D eigenvalue weighted by molar-refractivity contribution is 7.18. The number of carbonyl (C=O) groups excluding carboxylic acids is 2. The first-order valence-electron chi connectivity index (χ1n) is 8.96. The number of benzene rings is 1. The van der Waals surface area contributed by atoms with E-state index < -0.39 is 0 Å². The predicted octanol–water partition coefficient (Wildman–Crippen LogP) is 0.546. The summed E-state index contributed by atoms with van der Waals surface area (Å²) in [6.45, 7) is 4.02. The molecular weight excluding hydrogens is 364 g/mol. The maximum atomic E-state index is 12.3. The molecule has 1 aliphatic rings. The summed E-state index contributed by atoms with van der Waals surface area (Å²) in [6, 6.07) is 11.4. The van der Waals surface area contributed by atoms with Gasteiger partial charge >= 0.3 is 0 Å². The van der Waals surface area contributed by atoms with Gasteiger partial charge in [-0.1, -0.05) is 12.1 Å². The molecule has 0 radical (unpaired) electrons. The second-order valence-corrected chi connectivity index (χ2v) is 7.66. The molecule has 1 saturated heterocycles. The lowest BCUT2D eigenvalue weighted by molar-refractivity contribution is -0.917. The topological polar surface area (TPSA) is 79.9 Å². The maximum Gasteiger partial charge on any atom is 0.287 e. The number of nitrogens with zero attached hydrogens (tertiary/aromatic N) is 2. The SMILES string of the molecule is O=C(NCC(=O)N1CC[NH+](Cc2nc3ccccc3s2)CC1)c1ccco1. The highest BCUT2D eigenvalue weighted by atomic mass is 32.1. The monoisotopic (exact) mass is 385 g/mol. The third kappa shape index (κ3) is 4.17. The van der Waals surface area contributed by atoms with Crippen LogP contribution >= 0.6 is 11.3 Å². The van der Waals surface area contributed by atoms with E-state index in [1.807, 2.05) is 23.1 Å². The molecule has 27 heavy (non-hydrogen) atoms. The summed E-state index contributed by atoms with van der Waals surface area (Å²) < 4.78 is 6.24. The van der Waals surface area contributed by atoms with E-state index in [-0.39, 0.29) is 24.1 Å². The van der Waals surface area contributed by atoms with Crippen molar-refractivity contribution >= 4 is 33.4 Å². The van der Waals surface area contributed by atoms with E-state index in [2.05, 4.69) is 11.4 Å². The van der Waals surface area contributed by atoms with Gasteiger partial charge in [0.1, 0.15) is 11.6 Å². The standard InChI is InChI=1S/C19H20N4O3S/c24-18(12-20-19(25)15-5-3-11-26-15)23-9-7-22(8-10-23)13-17-21-14-4-1-2-6-16(14)27-17/h1-6,11H,7-10,12-13H2,(H,20,25)/p+1. The minimum absolute atomic E-state index is 0.00721. The van der Waals surface area contributed by atoms with Crippen LogP contribution in [-0.2, 0) is 11.3 Å². The summed E-state index contributed by atoms with van der Waals surface area (Å²) in [5.41, 5.74) is 1.05. The summed E-state index contributed by atoms with van der Waals surface area (Å²) >= 11 is 1.74. The molecule has 1 aromatic carbocycles. The van der Waals surface area contributed by atoms with Crippen LogP contribution in [0.2, 0.25) is 0 Å². The first-order valence-corrected chi connectivity index (χ1v) is 9.78. The first kappa shape index (κ1) is 17.7. The van der Waals surface area contributed by atoms with Crippen LogP contribution in [0.3, 0.4) is 0 Å². The molecule has 0 saturated carbocycles. The van der Waals surface area contributed by atoms with Crippen molar-refractivity contribution in [1.82, 2.24) is 15.2 Å². The van der Waals surface area contributed by atoms with Crippen LogP contribution in [0, 0.1) is 0 Å². The number of aromatic nitrogens is 1. The van der Waals surface area contributed by atoms with Gasteiger partial charge in [0, 0.05) is 0 Å². The lowest BCUT2D eigenvalue weighted by Gasteiger charge is -2.31. The lowest BCUT2D eigenvalue weighted by Crippen LogP contribution is -3.13. The molecule has 140 valence electrons. The maximum absolute atomic E-state index is 12.3. The van der Waals surface area contributed by atoms with Gasteiger partial charge in [0.25, 0.3) is 5.91 Å². The molecule has 8 heteroatoms. The van der Waals surface area contributed by atoms with E-state index in [4.69, 9.17) is 9.40 Å². The average molecular weight is 385 g/mol. The Morgan fingerprint density at radius 2 is 2.00 bits per heavy atom. The first-order chi connectivity index (χ1) is 13.2. The molecule has 0 spiro atoms. The van der Waals surface area contributed by atoms with Crippen LogP contribution in [0.4, 0.5) is 0 Å². The zero-order valence-corrected chi connectivity index (χ0v) is 15.6. The summed E-state index contributed by atoms with van der Waals surface area (Å²) in [5.74, 6) is -0.213. The largest absolute Gasteiger partial charge is 0.459 e.